The second-order valence-corrected chi connectivity index (χ2v) is 12.4. The van der Waals surface area contributed by atoms with Gasteiger partial charge in [0.2, 0.25) is 11.6 Å². The van der Waals surface area contributed by atoms with Gasteiger partial charge in [-0.15, -0.1) is 4.52 Å². The SMILES string of the molecule is NC1=C2NCN(c3oc4c(c3O)O[P+](O)(O)O/C=C3/OC(n5cnc6c(=O)[nH]c(=O)[nH]c65)=C(O[P+](O)(O)OC4)[C@@H]3O)C2NCN1. The Labute approximate surface area is 248 Å². The average Bonchev–Trinajstić information content (AvgIpc) is 3.72. The molecule has 25 heteroatoms. The number of rotatable bonds is 2. The number of imidazole rings is 1. The molecule has 0 aliphatic carbocycles. The normalized spacial score (nSPS) is 25.2. The van der Waals surface area contributed by atoms with Gasteiger partial charge >= 0.3 is 22.0 Å². The van der Waals surface area contributed by atoms with Gasteiger partial charge in [0.15, 0.2) is 41.7 Å². The van der Waals surface area contributed by atoms with Gasteiger partial charge in [-0.2, -0.15) is 19.6 Å². The highest BCUT2D eigenvalue weighted by molar-refractivity contribution is 7.55. The summed E-state index contributed by atoms with van der Waals surface area (Å²) in [6.07, 6.45) is -1.10. The van der Waals surface area contributed by atoms with Gasteiger partial charge in [0, 0.05) is 0 Å². The van der Waals surface area contributed by atoms with Crippen LogP contribution in [-0.2, 0) is 24.9 Å². The number of fused-ring (bicyclic) bond motifs is 5. The summed E-state index contributed by atoms with van der Waals surface area (Å²) < 4.78 is 32.8. The van der Waals surface area contributed by atoms with Crippen molar-refractivity contribution < 1.29 is 57.0 Å². The van der Waals surface area contributed by atoms with E-state index in [-0.39, 0.29) is 30.4 Å². The summed E-state index contributed by atoms with van der Waals surface area (Å²) in [5, 5.41) is 30.9. The Kier molecular flexibility index (Phi) is 6.63. The molecule has 23 nitrogen and oxygen atoms in total. The lowest BCUT2D eigenvalue weighted by molar-refractivity contribution is 0.102. The Morgan fingerprint density at radius 3 is 2.69 bits per heavy atom. The molecule has 1 saturated heterocycles. The number of H-pyrrole nitrogens is 2. The fourth-order valence-electron chi connectivity index (χ4n) is 4.78. The number of furan rings is 1. The number of aromatic hydroxyl groups is 1. The molecular formula is C20H23N9O14P2+2. The molecule has 7 rings (SSSR count). The third-order valence-electron chi connectivity index (χ3n) is 6.74. The van der Waals surface area contributed by atoms with Crippen LogP contribution in [0.4, 0.5) is 5.88 Å². The lowest BCUT2D eigenvalue weighted by atomic mass is 10.3. The van der Waals surface area contributed by atoms with Gasteiger partial charge in [0.1, 0.15) is 18.3 Å². The molecule has 3 aromatic heterocycles. The second-order valence-electron chi connectivity index (χ2n) is 9.56. The van der Waals surface area contributed by atoms with Crippen molar-refractivity contribution in [3.63, 3.8) is 0 Å². The number of nitrogens with two attached hydrogens (primary N) is 1. The number of aliphatic hydroxyl groups is 1. The third-order valence-corrected chi connectivity index (χ3v) is 8.44. The van der Waals surface area contributed by atoms with E-state index in [2.05, 4.69) is 25.9 Å². The minimum atomic E-state index is -4.98. The number of aromatic nitrogens is 4. The summed E-state index contributed by atoms with van der Waals surface area (Å²) >= 11 is 0. The van der Waals surface area contributed by atoms with E-state index in [1.807, 2.05) is 4.98 Å². The maximum atomic E-state index is 12.2. The van der Waals surface area contributed by atoms with E-state index in [9.17, 15) is 39.4 Å². The van der Waals surface area contributed by atoms with Crippen LogP contribution in [0.1, 0.15) is 5.76 Å². The topological polar surface area (TPSA) is 330 Å². The van der Waals surface area contributed by atoms with Gasteiger partial charge < -0.3 is 40.6 Å². The van der Waals surface area contributed by atoms with Gasteiger partial charge in [-0.3, -0.25) is 33.7 Å². The van der Waals surface area contributed by atoms with E-state index in [0.717, 1.165) is 10.9 Å². The first-order chi connectivity index (χ1) is 21.3. The first-order valence-corrected chi connectivity index (χ1v) is 15.6. The Balaban J connectivity index is 1.28. The van der Waals surface area contributed by atoms with Crippen molar-refractivity contribution >= 4 is 39.3 Å². The van der Waals surface area contributed by atoms with E-state index in [1.54, 1.807) is 0 Å². The molecule has 13 N–H and O–H groups in total. The summed E-state index contributed by atoms with van der Waals surface area (Å²) in [5.41, 5.74) is 4.21. The molecule has 7 heterocycles. The van der Waals surface area contributed by atoms with Crippen LogP contribution in [0.3, 0.4) is 0 Å². The van der Waals surface area contributed by atoms with Crippen LogP contribution in [0.2, 0.25) is 0 Å². The Morgan fingerprint density at radius 1 is 1.09 bits per heavy atom. The van der Waals surface area contributed by atoms with Crippen molar-refractivity contribution in [3.8, 4) is 11.5 Å². The zero-order valence-electron chi connectivity index (χ0n) is 22.2. The number of ether oxygens (including phenoxy) is 1. The van der Waals surface area contributed by atoms with E-state index in [4.69, 9.17) is 33.0 Å². The van der Waals surface area contributed by atoms with Crippen molar-refractivity contribution in [2.24, 2.45) is 5.73 Å². The summed E-state index contributed by atoms with van der Waals surface area (Å²) in [5.74, 6) is -3.71. The predicted molar refractivity (Wildman–Crippen MR) is 147 cm³/mol. The molecule has 0 saturated carbocycles. The van der Waals surface area contributed by atoms with Crippen molar-refractivity contribution in [1.82, 2.24) is 35.5 Å². The maximum absolute atomic E-state index is 12.2. The molecule has 240 valence electrons. The predicted octanol–water partition coefficient (Wildman–Crippen LogP) is -2.99. The third kappa shape index (κ3) is 4.97. The molecule has 4 aliphatic rings. The molecule has 1 unspecified atom stereocenters. The molecule has 1 fully saturated rings. The zero-order chi connectivity index (χ0) is 31.8. The molecule has 0 aromatic carbocycles. The first kappa shape index (κ1) is 29.2. The minimum absolute atomic E-state index is 0.0591. The van der Waals surface area contributed by atoms with E-state index in [1.165, 1.54) is 4.90 Å². The Morgan fingerprint density at radius 2 is 1.89 bits per heavy atom. The van der Waals surface area contributed by atoms with Crippen molar-refractivity contribution in [3.05, 3.63) is 62.2 Å². The number of aliphatic hydroxyl groups excluding tert-OH is 1. The quantitative estimate of drug-likeness (QED) is 0.120. The minimum Gasteiger partial charge on any atom is -0.500 e. The monoisotopic (exact) mass is 675 g/mol. The van der Waals surface area contributed by atoms with E-state index in [0.29, 0.717) is 17.8 Å². The molecule has 45 heavy (non-hydrogen) atoms. The number of hydrogen-bond acceptors (Lipinski definition) is 20. The summed E-state index contributed by atoms with van der Waals surface area (Å²) in [6, 6.07) is 0. The molecular weight excluding hydrogens is 652 g/mol. The maximum Gasteiger partial charge on any atom is 0.663 e. The second kappa shape index (κ2) is 10.2. The number of nitrogens with one attached hydrogen (secondary N) is 5. The number of anilines is 1. The molecule has 0 amide bonds. The molecule has 2 bridgehead atoms. The van der Waals surface area contributed by atoms with Crippen LogP contribution in [-0.4, -0.2) is 74.9 Å². The molecule has 2 atom stereocenters. The average molecular weight is 675 g/mol. The van der Waals surface area contributed by atoms with Crippen LogP contribution in [0.15, 0.2) is 49.6 Å². The van der Waals surface area contributed by atoms with E-state index < -0.39 is 81.1 Å². The summed E-state index contributed by atoms with van der Waals surface area (Å²) in [6.45, 7) is -0.592. The van der Waals surface area contributed by atoms with Gasteiger partial charge in [-0.05, 0) is 0 Å². The standard InChI is InChI=1S/C20H21N9O14P2/c21-14-8-15(23-3-22-14)28(4-24-8)18-11(31)12-7(41-18)2-39-45(36,37)43-13-10(30)6(1-38-44(34,35)42-12)40-19(13)29-5-25-9-16(29)26-20(33)27-17(9)32/h1,5,10,15,22-24,30,34-37H,2-4,21H2,(H-2,26,27,31,32,33)/p+2/b6-1+/t10-,15?/m1/s1. The van der Waals surface area contributed by atoms with Crippen LogP contribution in [0.5, 0.6) is 11.5 Å². The number of hydrogen-bond donors (Lipinski definition) is 12. The van der Waals surface area contributed by atoms with Gasteiger partial charge in [-0.25, -0.2) is 14.3 Å². The van der Waals surface area contributed by atoms with Gasteiger partial charge in [0.05, 0.1) is 19.0 Å². The van der Waals surface area contributed by atoms with Crippen molar-refractivity contribution in [2.75, 3.05) is 18.2 Å². The first-order valence-electron chi connectivity index (χ1n) is 12.6. The molecule has 0 spiro atoms. The Bertz CT molecular complexity index is 1930. The molecule has 0 radical (unpaired) electrons. The van der Waals surface area contributed by atoms with Gasteiger partial charge in [0.25, 0.3) is 23.0 Å². The fourth-order valence-corrected chi connectivity index (χ4v) is 6.26. The van der Waals surface area contributed by atoms with Crippen LogP contribution in [0.25, 0.3) is 17.0 Å². The largest absolute Gasteiger partial charge is 0.663 e. The Hall–Kier alpha value is -4.57. The highest BCUT2D eigenvalue weighted by Crippen LogP contribution is 2.61. The van der Waals surface area contributed by atoms with Crippen LogP contribution < -0.4 is 42.4 Å². The number of nitrogens with zero attached hydrogens (tertiary/aromatic N) is 3. The fraction of sp³-hybridized carbons (Fsp3) is 0.250. The highest BCUT2D eigenvalue weighted by Gasteiger charge is 2.53. The summed E-state index contributed by atoms with van der Waals surface area (Å²) in [7, 11) is -9.94. The van der Waals surface area contributed by atoms with E-state index >= 15 is 0 Å². The number of aromatic amines is 2. The lowest BCUT2D eigenvalue weighted by Gasteiger charge is -2.28. The van der Waals surface area contributed by atoms with Crippen LogP contribution >= 0.6 is 16.3 Å². The smallest absolute Gasteiger partial charge is 0.500 e. The van der Waals surface area contributed by atoms with Crippen LogP contribution in [0, 0.1) is 0 Å². The molecule has 3 aromatic rings. The van der Waals surface area contributed by atoms with Crippen molar-refractivity contribution in [2.45, 2.75) is 18.9 Å². The van der Waals surface area contributed by atoms with Gasteiger partial charge in [-0.1, -0.05) is 0 Å². The highest BCUT2D eigenvalue weighted by atomic mass is 31.2. The van der Waals surface area contributed by atoms with Crippen molar-refractivity contribution in [1.29, 1.82) is 0 Å². The molecule has 4 aliphatic heterocycles. The lowest BCUT2D eigenvalue weighted by Crippen LogP contribution is -2.51. The summed E-state index contributed by atoms with van der Waals surface area (Å²) in [4.78, 5) is 76.4. The zero-order valence-corrected chi connectivity index (χ0v) is 24.0.